The zero-order valence-electron chi connectivity index (χ0n) is 74.9. The maximum Gasteiger partial charge on any atom is 0.0543 e. The van der Waals surface area contributed by atoms with Crippen LogP contribution in [-0.2, 0) is 0 Å². The van der Waals surface area contributed by atoms with Crippen molar-refractivity contribution in [3.8, 4) is 101 Å². The normalized spacial score (nSPS) is 11.7. The molecule has 0 aliphatic heterocycles. The van der Waals surface area contributed by atoms with Gasteiger partial charge in [-0.25, -0.2) is 0 Å². The van der Waals surface area contributed by atoms with Gasteiger partial charge < -0.3 is 27.4 Å². The van der Waals surface area contributed by atoms with Gasteiger partial charge in [0.2, 0.25) is 0 Å². The highest BCUT2D eigenvalue weighted by Crippen LogP contribution is 2.45. The third-order valence-electron chi connectivity index (χ3n) is 27.5. The molecule has 0 spiro atoms. The maximum absolute atomic E-state index is 2.42. The van der Waals surface area contributed by atoms with Crippen molar-refractivity contribution >= 4 is 131 Å². The molecule has 0 N–H and O–H groups in total. The Hall–Kier alpha value is -17.6. The molecule has 21 aromatic carbocycles. The summed E-state index contributed by atoms with van der Waals surface area (Å²) in [6.45, 7) is 6.46. The van der Waals surface area contributed by atoms with E-state index in [1.54, 1.807) is 0 Å². The van der Waals surface area contributed by atoms with Gasteiger partial charge in [-0.2, -0.15) is 0 Å². The molecule has 0 unspecified atom stereocenters. The zero-order chi connectivity index (χ0) is 89.7. The molecule has 6 heteroatoms. The predicted molar refractivity (Wildman–Crippen MR) is 572 cm³/mol. The summed E-state index contributed by atoms with van der Waals surface area (Å²) in [5.41, 5.74) is 40.2. The minimum absolute atomic E-state index is 1.17. The zero-order valence-corrected chi connectivity index (χ0v) is 74.9. The minimum atomic E-state index is 1.17. The van der Waals surface area contributed by atoms with E-state index in [0.29, 0.717) is 0 Å². The Kier molecular flexibility index (Phi) is 19.5. The second-order valence-corrected chi connectivity index (χ2v) is 35.8. The van der Waals surface area contributed by atoms with Crippen molar-refractivity contribution in [1.82, 2.24) is 27.4 Å². The van der Waals surface area contributed by atoms with Gasteiger partial charge in [0.05, 0.1) is 66.2 Å². The van der Waals surface area contributed by atoms with Crippen LogP contribution >= 0.6 is 0 Å². The molecular formula is C129H90N6. The largest absolute Gasteiger partial charge is 0.309 e. The van der Waals surface area contributed by atoms with Crippen molar-refractivity contribution < 1.29 is 0 Å². The Bertz CT molecular complexity index is 9320. The Morgan fingerprint density at radius 3 is 0.622 bits per heavy atom. The van der Waals surface area contributed by atoms with E-state index >= 15 is 0 Å². The summed E-state index contributed by atoms with van der Waals surface area (Å²) in [6, 6.07) is 179. The van der Waals surface area contributed by atoms with Gasteiger partial charge in [0, 0.05) is 98.8 Å². The van der Waals surface area contributed by atoms with Crippen molar-refractivity contribution in [3.05, 3.63) is 508 Å². The quantitative estimate of drug-likeness (QED) is 0.117. The Morgan fingerprint density at radius 1 is 0.104 bits per heavy atom. The molecule has 6 heterocycles. The Labute approximate surface area is 782 Å². The van der Waals surface area contributed by atoms with Gasteiger partial charge in [0.1, 0.15) is 0 Å². The summed E-state index contributed by atoms with van der Waals surface area (Å²) >= 11 is 0. The summed E-state index contributed by atoms with van der Waals surface area (Å²) in [5.74, 6) is 0. The SMILES string of the molecule is Cc1ccc(-c2cccc(-n3c4ccccc4c4cc(-c5ccc6c(c5)c5ccccc5n6-c5ccccc5)ccc43)c2)cc1.Cc1ccc2c3cc(-c4ccc5c(c4)c4ccccc4n5-c4ccccc4)ccc3n(-c3cccc(-c4ccccc4)c3)c2c1.Cc1cccc(-c2cccc(-n3c4ccccc4c4cc(-c5ccc6c(c5)c5ccccc5n6-c5ccccc5)ccc43)c2)c1. The number of aromatic nitrogens is 6. The van der Waals surface area contributed by atoms with Gasteiger partial charge in [0.15, 0.2) is 0 Å². The monoisotopic (exact) mass is 1720 g/mol. The second kappa shape index (κ2) is 33.1. The van der Waals surface area contributed by atoms with Crippen LogP contribution in [0.2, 0.25) is 0 Å². The van der Waals surface area contributed by atoms with Crippen molar-refractivity contribution in [2.24, 2.45) is 0 Å². The number of nitrogens with zero attached hydrogens (tertiary/aromatic N) is 6. The van der Waals surface area contributed by atoms with E-state index in [2.05, 4.69) is 540 Å². The van der Waals surface area contributed by atoms with Gasteiger partial charge >= 0.3 is 0 Å². The molecule has 27 aromatic rings. The smallest absolute Gasteiger partial charge is 0.0543 e. The molecule has 6 aromatic heterocycles. The molecule has 0 bridgehead atoms. The number of rotatable bonds is 12. The first kappa shape index (κ1) is 79.6. The van der Waals surface area contributed by atoms with E-state index < -0.39 is 0 Å². The highest BCUT2D eigenvalue weighted by molar-refractivity contribution is 6.17. The molecule has 6 nitrogen and oxygen atoms in total. The van der Waals surface area contributed by atoms with Gasteiger partial charge in [-0.05, 0) is 275 Å². The molecule has 0 aliphatic rings. The first-order valence-electron chi connectivity index (χ1n) is 46.6. The average molecular weight is 1720 g/mol. The fourth-order valence-corrected chi connectivity index (χ4v) is 21.1. The lowest BCUT2D eigenvalue weighted by molar-refractivity contribution is 1.18. The summed E-state index contributed by atoms with van der Waals surface area (Å²) in [7, 11) is 0. The van der Waals surface area contributed by atoms with Crippen LogP contribution in [0.5, 0.6) is 0 Å². The van der Waals surface area contributed by atoms with E-state index in [9.17, 15) is 0 Å². The van der Waals surface area contributed by atoms with Crippen molar-refractivity contribution in [3.63, 3.8) is 0 Å². The van der Waals surface area contributed by atoms with E-state index in [-0.39, 0.29) is 0 Å². The molecule has 636 valence electrons. The summed E-state index contributed by atoms with van der Waals surface area (Å²) in [5, 5.41) is 15.2. The lowest BCUT2D eigenvalue weighted by Gasteiger charge is -2.11. The molecule has 0 fully saturated rings. The van der Waals surface area contributed by atoms with E-state index in [1.807, 2.05) is 0 Å². The number of benzene rings is 21. The fourth-order valence-electron chi connectivity index (χ4n) is 21.1. The van der Waals surface area contributed by atoms with Crippen LogP contribution in [0, 0.1) is 20.8 Å². The minimum Gasteiger partial charge on any atom is -0.309 e. The third kappa shape index (κ3) is 14.0. The van der Waals surface area contributed by atoms with Crippen LogP contribution in [0.15, 0.2) is 491 Å². The molecule has 0 aliphatic carbocycles. The van der Waals surface area contributed by atoms with E-state index in [0.717, 1.165) is 0 Å². The van der Waals surface area contributed by atoms with Crippen LogP contribution < -0.4 is 0 Å². The van der Waals surface area contributed by atoms with E-state index in [1.165, 1.54) is 248 Å². The van der Waals surface area contributed by atoms with E-state index in [4.69, 9.17) is 0 Å². The van der Waals surface area contributed by atoms with Gasteiger partial charge in [-0.3, -0.25) is 0 Å². The lowest BCUT2D eigenvalue weighted by Crippen LogP contribution is -1.94. The van der Waals surface area contributed by atoms with Crippen LogP contribution in [0.1, 0.15) is 16.7 Å². The first-order valence-corrected chi connectivity index (χ1v) is 46.6. The van der Waals surface area contributed by atoms with Crippen molar-refractivity contribution in [2.45, 2.75) is 20.8 Å². The maximum atomic E-state index is 2.42. The molecule has 135 heavy (non-hydrogen) atoms. The summed E-state index contributed by atoms with van der Waals surface area (Å²) in [4.78, 5) is 0. The first-order chi connectivity index (χ1) is 66.7. The van der Waals surface area contributed by atoms with Crippen LogP contribution in [0.3, 0.4) is 0 Å². The Balaban J connectivity index is 0.000000108. The van der Waals surface area contributed by atoms with Crippen LogP contribution in [0.25, 0.3) is 232 Å². The predicted octanol–water partition coefficient (Wildman–Crippen LogP) is 34.6. The average Bonchev–Trinajstić information content (AvgIpc) is 1.59. The van der Waals surface area contributed by atoms with Crippen molar-refractivity contribution in [2.75, 3.05) is 0 Å². The second-order valence-electron chi connectivity index (χ2n) is 35.8. The highest BCUT2D eigenvalue weighted by atomic mass is 15.0. The molecule has 0 saturated heterocycles. The number of hydrogen-bond acceptors (Lipinski definition) is 0. The molecule has 0 amide bonds. The molecule has 0 atom stereocenters. The summed E-state index contributed by atoms with van der Waals surface area (Å²) in [6.07, 6.45) is 0. The number of hydrogen-bond donors (Lipinski definition) is 0. The topological polar surface area (TPSA) is 29.6 Å². The number of para-hydroxylation sites is 8. The third-order valence-corrected chi connectivity index (χ3v) is 27.5. The van der Waals surface area contributed by atoms with Gasteiger partial charge in [-0.15, -0.1) is 0 Å². The summed E-state index contributed by atoms with van der Waals surface area (Å²) < 4.78 is 14.3. The number of fused-ring (bicyclic) bond motifs is 18. The van der Waals surface area contributed by atoms with Gasteiger partial charge in [0.25, 0.3) is 0 Å². The number of aryl methyl sites for hydroxylation is 3. The van der Waals surface area contributed by atoms with Crippen LogP contribution in [-0.4, -0.2) is 27.4 Å². The standard InChI is InChI=1S/3C43H30N2/c1-29-19-22-37-39-28-33(21-24-42(39)45(43(37)25-29)35-16-10-13-31(26-35)30-11-4-2-5-12-30)32-20-23-41-38(27-32)36-17-8-9-18-40(36)44(41)34-14-6-3-7-15-34;1-29-11-9-12-30(25-29)31-13-10-16-35(26-31)45-41-20-8-6-18-37(41)39-28-33(22-24-43(39)45)32-21-23-42-38(27-32)36-17-5-7-19-40(36)44(42)34-14-3-2-4-15-34;1-29-18-20-30(21-19-29)31-10-9-13-35(26-31)45-41-17-8-6-15-37(41)39-28-33(23-25-43(39)45)32-22-24-42-38(27-32)36-14-5-7-16-40(36)44(42)34-11-3-2-4-12-34/h3*2-28H,1H3. The molecule has 0 saturated carbocycles. The Morgan fingerprint density at radius 2 is 0.304 bits per heavy atom. The van der Waals surface area contributed by atoms with Gasteiger partial charge in [-0.1, -0.05) is 321 Å². The highest BCUT2D eigenvalue weighted by Gasteiger charge is 2.23. The molecule has 0 radical (unpaired) electrons. The lowest BCUT2D eigenvalue weighted by atomic mass is 10.0. The van der Waals surface area contributed by atoms with Crippen LogP contribution in [0.4, 0.5) is 0 Å². The molecule has 27 rings (SSSR count). The molecular weight excluding hydrogens is 1630 g/mol. The fraction of sp³-hybridized carbons (Fsp3) is 0.0233. The van der Waals surface area contributed by atoms with Crippen molar-refractivity contribution in [1.29, 1.82) is 0 Å².